The van der Waals surface area contributed by atoms with E-state index in [4.69, 9.17) is 26.8 Å². The largest absolute Gasteiger partial charge is 0.352 e. The van der Waals surface area contributed by atoms with Gasteiger partial charge in [0.1, 0.15) is 17.5 Å². The molecule has 0 saturated carbocycles. The molecule has 5 rings (SSSR count). The lowest BCUT2D eigenvalue weighted by Crippen LogP contribution is -2.52. The second-order valence-corrected chi connectivity index (χ2v) is 9.98. The van der Waals surface area contributed by atoms with E-state index in [1.807, 2.05) is 12.1 Å². The molecule has 1 aromatic carbocycles. The van der Waals surface area contributed by atoms with Crippen LogP contribution in [0.1, 0.15) is 32.3 Å². The van der Waals surface area contributed by atoms with Gasteiger partial charge in [0.05, 0.1) is 23.2 Å². The molecule has 2 fully saturated rings. The molecule has 0 aliphatic carbocycles. The second kappa shape index (κ2) is 10.3. The van der Waals surface area contributed by atoms with Gasteiger partial charge in [-0.3, -0.25) is 0 Å². The topological polar surface area (TPSA) is 72.2 Å². The first-order valence-corrected chi connectivity index (χ1v) is 12.8. The molecule has 4 heterocycles. The third kappa shape index (κ3) is 4.93. The van der Waals surface area contributed by atoms with E-state index >= 15 is 0 Å². The number of benzene rings is 1. The normalized spacial score (nSPS) is 20.0. The number of aromatic nitrogens is 3. The van der Waals surface area contributed by atoms with Gasteiger partial charge in [0, 0.05) is 56.1 Å². The van der Waals surface area contributed by atoms with Crippen LogP contribution in [0.2, 0.25) is 5.02 Å². The summed E-state index contributed by atoms with van der Waals surface area (Å²) >= 11 is 6.53. The Morgan fingerprint density at radius 2 is 1.86 bits per heavy atom. The Kier molecular flexibility index (Phi) is 6.92. The van der Waals surface area contributed by atoms with Crippen molar-refractivity contribution < 1.29 is 4.39 Å². The lowest BCUT2D eigenvalue weighted by Gasteiger charge is -2.41. The molecule has 2 aliphatic rings. The average molecular weight is 506 g/mol. The molecule has 2 aliphatic heterocycles. The summed E-state index contributed by atoms with van der Waals surface area (Å²) in [6.07, 6.45) is 4.26. The molecule has 3 aromatic rings. The first-order valence-electron chi connectivity index (χ1n) is 12.4. The van der Waals surface area contributed by atoms with Gasteiger partial charge in [0.25, 0.3) is 0 Å². The minimum absolute atomic E-state index is 0.148. The highest BCUT2D eigenvalue weighted by atomic mass is 35.5. The minimum atomic E-state index is -0.265. The highest BCUT2D eigenvalue weighted by Crippen LogP contribution is 2.32. The monoisotopic (exact) mass is 505 g/mol. The van der Waals surface area contributed by atoms with Crippen molar-refractivity contribution in [3.8, 4) is 17.3 Å². The van der Waals surface area contributed by atoms with Crippen LogP contribution in [0, 0.1) is 17.1 Å². The number of anilines is 3. The zero-order valence-corrected chi connectivity index (χ0v) is 21.3. The maximum Gasteiger partial charge on any atom is 0.228 e. The summed E-state index contributed by atoms with van der Waals surface area (Å²) in [5, 5.41) is 9.51. The highest BCUT2D eigenvalue weighted by Gasteiger charge is 2.29. The lowest BCUT2D eigenvalue weighted by molar-refractivity contribution is 0.542. The molecular weight excluding hydrogens is 477 g/mol. The molecule has 2 atom stereocenters. The standard InChI is InChI=1S/C27H29ClFN7/c1-18-4-3-11-36(18)27-32-24(21-5-7-22(29)8-6-21)15-25(33-27)35-13-12-34(17-19(35)2)26-23(28)14-20(9-10-30)16-31-26/h5-8,14-16,18-19H,3-4,9,11-13,17H2,1-2H3. The Morgan fingerprint density at radius 3 is 2.53 bits per heavy atom. The summed E-state index contributed by atoms with van der Waals surface area (Å²) in [7, 11) is 0. The van der Waals surface area contributed by atoms with Gasteiger partial charge in [-0.15, -0.1) is 0 Å². The highest BCUT2D eigenvalue weighted by molar-refractivity contribution is 6.33. The lowest BCUT2D eigenvalue weighted by atomic mass is 10.1. The van der Waals surface area contributed by atoms with Gasteiger partial charge in [-0.2, -0.15) is 10.2 Å². The molecule has 2 aromatic heterocycles. The number of piperazine rings is 1. The van der Waals surface area contributed by atoms with Crippen molar-refractivity contribution in [1.82, 2.24) is 15.0 Å². The van der Waals surface area contributed by atoms with Gasteiger partial charge >= 0.3 is 0 Å². The summed E-state index contributed by atoms with van der Waals surface area (Å²) in [5.41, 5.74) is 2.48. The van der Waals surface area contributed by atoms with Gasteiger partial charge < -0.3 is 14.7 Å². The molecule has 2 saturated heterocycles. The van der Waals surface area contributed by atoms with E-state index in [-0.39, 0.29) is 11.9 Å². The number of pyridine rings is 1. The van der Waals surface area contributed by atoms with Crippen LogP contribution in [-0.2, 0) is 6.42 Å². The van der Waals surface area contributed by atoms with Crippen LogP contribution in [0.25, 0.3) is 11.3 Å². The fourth-order valence-corrected chi connectivity index (χ4v) is 5.39. The van der Waals surface area contributed by atoms with Crippen LogP contribution in [0.3, 0.4) is 0 Å². The van der Waals surface area contributed by atoms with Crippen molar-refractivity contribution in [3.63, 3.8) is 0 Å². The maximum atomic E-state index is 13.6. The number of rotatable bonds is 5. The predicted molar refractivity (Wildman–Crippen MR) is 141 cm³/mol. The number of nitrogens with zero attached hydrogens (tertiary/aromatic N) is 7. The Morgan fingerprint density at radius 1 is 1.06 bits per heavy atom. The number of nitriles is 1. The first kappa shape index (κ1) is 24.3. The van der Waals surface area contributed by atoms with Crippen LogP contribution >= 0.6 is 11.6 Å². The van der Waals surface area contributed by atoms with Crippen molar-refractivity contribution >= 4 is 29.2 Å². The van der Waals surface area contributed by atoms with Gasteiger partial charge in [0.15, 0.2) is 0 Å². The number of hydrogen-bond acceptors (Lipinski definition) is 7. The summed E-state index contributed by atoms with van der Waals surface area (Å²) in [4.78, 5) is 21.2. The molecule has 2 unspecified atom stereocenters. The number of hydrogen-bond donors (Lipinski definition) is 0. The molecule has 7 nitrogen and oxygen atoms in total. The van der Waals surface area contributed by atoms with E-state index in [0.717, 1.165) is 73.4 Å². The molecule has 0 radical (unpaired) electrons. The molecule has 0 bridgehead atoms. The van der Waals surface area contributed by atoms with Crippen molar-refractivity contribution in [2.24, 2.45) is 0 Å². The molecule has 0 amide bonds. The van der Waals surface area contributed by atoms with Crippen LogP contribution < -0.4 is 14.7 Å². The summed E-state index contributed by atoms with van der Waals surface area (Å²) < 4.78 is 13.6. The van der Waals surface area contributed by atoms with E-state index in [0.29, 0.717) is 17.5 Å². The molecule has 36 heavy (non-hydrogen) atoms. The van der Waals surface area contributed by atoms with E-state index < -0.39 is 0 Å². The van der Waals surface area contributed by atoms with Crippen molar-refractivity contribution in [1.29, 1.82) is 5.26 Å². The van der Waals surface area contributed by atoms with Crippen LogP contribution in [0.15, 0.2) is 42.6 Å². The fourth-order valence-electron chi connectivity index (χ4n) is 5.08. The van der Waals surface area contributed by atoms with Crippen molar-refractivity contribution in [3.05, 3.63) is 59.0 Å². The Labute approximate surface area is 216 Å². The van der Waals surface area contributed by atoms with Crippen LogP contribution in [0.4, 0.5) is 22.0 Å². The van der Waals surface area contributed by atoms with Gasteiger partial charge in [-0.05, 0) is 62.6 Å². The third-order valence-electron chi connectivity index (χ3n) is 7.03. The molecular formula is C27H29ClFN7. The summed E-state index contributed by atoms with van der Waals surface area (Å²) in [6.45, 7) is 7.52. The minimum Gasteiger partial charge on any atom is -0.352 e. The quantitative estimate of drug-likeness (QED) is 0.477. The first-order chi connectivity index (χ1) is 17.4. The van der Waals surface area contributed by atoms with Gasteiger partial charge in [-0.1, -0.05) is 11.6 Å². The van der Waals surface area contributed by atoms with Crippen LogP contribution in [0.5, 0.6) is 0 Å². The van der Waals surface area contributed by atoms with Crippen molar-refractivity contribution in [2.45, 2.75) is 45.2 Å². The van der Waals surface area contributed by atoms with E-state index in [1.165, 1.54) is 12.1 Å². The smallest absolute Gasteiger partial charge is 0.228 e. The Balaban J connectivity index is 1.43. The number of halogens is 2. The SMILES string of the molecule is CC1CN(c2ncc(CC#N)cc2Cl)CCN1c1cc(-c2ccc(F)cc2)nc(N2CCCC2C)n1. The van der Waals surface area contributed by atoms with Crippen LogP contribution in [-0.4, -0.2) is 53.2 Å². The zero-order valence-electron chi connectivity index (χ0n) is 20.5. The second-order valence-electron chi connectivity index (χ2n) is 9.58. The fraction of sp³-hybridized carbons (Fsp3) is 0.407. The summed E-state index contributed by atoms with van der Waals surface area (Å²) in [5.74, 6) is 2.07. The molecule has 186 valence electrons. The predicted octanol–water partition coefficient (Wildman–Crippen LogP) is 5.10. The summed E-state index contributed by atoms with van der Waals surface area (Å²) in [6, 6.07) is 13.0. The zero-order chi connectivity index (χ0) is 25.2. The molecule has 0 N–H and O–H groups in total. The third-order valence-corrected chi connectivity index (χ3v) is 7.31. The van der Waals surface area contributed by atoms with E-state index in [9.17, 15) is 4.39 Å². The Bertz CT molecular complexity index is 1280. The maximum absolute atomic E-state index is 13.6. The van der Waals surface area contributed by atoms with Crippen molar-refractivity contribution in [2.75, 3.05) is 40.9 Å². The van der Waals surface area contributed by atoms with Gasteiger partial charge in [-0.25, -0.2) is 14.4 Å². The molecule has 0 spiro atoms. The molecule has 9 heteroatoms. The Hall–Kier alpha value is -3.44. The van der Waals surface area contributed by atoms with E-state index in [1.54, 1.807) is 18.3 Å². The van der Waals surface area contributed by atoms with E-state index in [2.05, 4.69) is 39.6 Å². The van der Waals surface area contributed by atoms with Gasteiger partial charge in [0.2, 0.25) is 5.95 Å². The average Bonchev–Trinajstić information content (AvgIpc) is 3.30.